The minimum atomic E-state index is -0.200. The van der Waals surface area contributed by atoms with Crippen molar-refractivity contribution in [2.24, 2.45) is 4.99 Å². The van der Waals surface area contributed by atoms with E-state index in [2.05, 4.69) is 191 Å². The van der Waals surface area contributed by atoms with Gasteiger partial charge in [0.25, 0.3) is 0 Å². The van der Waals surface area contributed by atoms with E-state index in [1.165, 1.54) is 84.5 Å². The van der Waals surface area contributed by atoms with E-state index >= 15 is 0 Å². The third kappa shape index (κ3) is 5.26. The number of hydrogen-bond donors (Lipinski definition) is 2. The third-order valence-corrected chi connectivity index (χ3v) is 13.8. The van der Waals surface area contributed by atoms with Crippen LogP contribution in [0.3, 0.4) is 0 Å². The molecule has 57 heavy (non-hydrogen) atoms. The van der Waals surface area contributed by atoms with Crippen LogP contribution in [0.5, 0.6) is 0 Å². The molecule has 1 aliphatic rings. The lowest BCUT2D eigenvalue weighted by molar-refractivity contribution is 0.409. The Morgan fingerprint density at radius 3 is 1.93 bits per heavy atom. The van der Waals surface area contributed by atoms with Crippen molar-refractivity contribution in [1.29, 1.82) is 0 Å². The standard InChI is InChI=1S/C51H34N4S2/c1-3-13-31(14-4-1)49-52-50(32-15-5-2-6-16-32)54-51(53-49)34-26-28-39-38-27-25-33(29-45(38)56-46(39)30-34)35-19-12-24-44-47(35)40-20-11-23-43(48(40)57-44)55-41-21-9-7-17-36(41)37-18-8-10-22-42(37)55/h1-30,49,51,53H,(H,52,54). The maximum absolute atomic E-state index is 5.21. The first-order valence-electron chi connectivity index (χ1n) is 19.4. The molecule has 0 radical (unpaired) electrons. The summed E-state index contributed by atoms with van der Waals surface area (Å²) in [7, 11) is 0. The highest BCUT2D eigenvalue weighted by molar-refractivity contribution is 7.26. The molecule has 6 heteroatoms. The van der Waals surface area contributed by atoms with Gasteiger partial charge in [-0.3, -0.25) is 5.32 Å². The van der Waals surface area contributed by atoms with Crippen molar-refractivity contribution >= 4 is 90.7 Å². The summed E-state index contributed by atoms with van der Waals surface area (Å²) in [4.78, 5) is 5.21. The van der Waals surface area contributed by atoms with Crippen LogP contribution in [0.1, 0.15) is 29.0 Å². The summed E-state index contributed by atoms with van der Waals surface area (Å²) >= 11 is 3.76. The number of amidine groups is 1. The van der Waals surface area contributed by atoms with E-state index in [0.29, 0.717) is 0 Å². The highest BCUT2D eigenvalue weighted by Gasteiger charge is 2.26. The summed E-state index contributed by atoms with van der Waals surface area (Å²) in [5.74, 6) is 0.895. The molecule has 270 valence electrons. The summed E-state index contributed by atoms with van der Waals surface area (Å²) in [6.07, 6.45) is -0.271. The Morgan fingerprint density at radius 1 is 0.474 bits per heavy atom. The molecule has 12 rings (SSSR count). The van der Waals surface area contributed by atoms with Crippen LogP contribution in [0.25, 0.3) is 79.0 Å². The third-order valence-electron chi connectivity index (χ3n) is 11.5. The molecule has 8 aromatic carbocycles. The van der Waals surface area contributed by atoms with Crippen molar-refractivity contribution in [3.8, 4) is 16.8 Å². The number of fused-ring (bicyclic) bond motifs is 9. The fraction of sp³-hybridized carbons (Fsp3) is 0.0392. The maximum atomic E-state index is 5.21. The molecule has 2 N–H and O–H groups in total. The van der Waals surface area contributed by atoms with Gasteiger partial charge in [-0.2, -0.15) is 0 Å². The molecule has 2 unspecified atom stereocenters. The lowest BCUT2D eigenvalue weighted by Gasteiger charge is -2.32. The van der Waals surface area contributed by atoms with Gasteiger partial charge >= 0.3 is 0 Å². The second-order valence-corrected chi connectivity index (χ2v) is 16.9. The molecule has 0 saturated carbocycles. The van der Waals surface area contributed by atoms with Crippen LogP contribution in [0, 0.1) is 0 Å². The van der Waals surface area contributed by atoms with E-state index in [-0.39, 0.29) is 12.3 Å². The van der Waals surface area contributed by atoms with Crippen LogP contribution < -0.4 is 10.6 Å². The van der Waals surface area contributed by atoms with Gasteiger partial charge in [0.2, 0.25) is 0 Å². The predicted octanol–water partition coefficient (Wildman–Crippen LogP) is 13.5. The van der Waals surface area contributed by atoms with Gasteiger partial charge < -0.3 is 9.88 Å². The smallest absolute Gasteiger partial charge is 0.131 e. The summed E-state index contributed by atoms with van der Waals surface area (Å²) < 4.78 is 7.62. The molecule has 0 fully saturated rings. The topological polar surface area (TPSA) is 41.4 Å². The average Bonchev–Trinajstić information content (AvgIpc) is 3.96. The number of nitrogens with one attached hydrogen (secondary N) is 2. The van der Waals surface area contributed by atoms with Crippen molar-refractivity contribution in [2.45, 2.75) is 12.3 Å². The summed E-state index contributed by atoms with van der Waals surface area (Å²) in [6.45, 7) is 0. The fourth-order valence-corrected chi connectivity index (χ4v) is 11.3. The van der Waals surface area contributed by atoms with Crippen LogP contribution in [-0.2, 0) is 0 Å². The minimum Gasteiger partial charge on any atom is -0.350 e. The number of thiophene rings is 2. The van der Waals surface area contributed by atoms with Crippen molar-refractivity contribution in [2.75, 3.05) is 0 Å². The molecule has 4 nitrogen and oxygen atoms in total. The molecule has 3 aromatic heterocycles. The SMILES string of the molecule is c1ccc(C2=NC(c3ccc4c(c3)sc3cc(-c5cccc6sc7c(-n8c9ccccc9c9ccccc98)cccc7c56)ccc34)NC(c3ccccc3)N2)cc1. The number of hydrogen-bond acceptors (Lipinski definition) is 5. The van der Waals surface area contributed by atoms with Crippen molar-refractivity contribution < 1.29 is 0 Å². The van der Waals surface area contributed by atoms with Gasteiger partial charge in [-0.25, -0.2) is 4.99 Å². The number of nitrogens with zero attached hydrogens (tertiary/aromatic N) is 2. The first-order chi connectivity index (χ1) is 28.2. The maximum Gasteiger partial charge on any atom is 0.131 e. The zero-order valence-electron chi connectivity index (χ0n) is 30.7. The van der Waals surface area contributed by atoms with Gasteiger partial charge in [-0.1, -0.05) is 146 Å². The normalized spacial score (nSPS) is 15.9. The first kappa shape index (κ1) is 32.7. The minimum absolute atomic E-state index is 0.0708. The van der Waals surface area contributed by atoms with Crippen LogP contribution >= 0.6 is 22.7 Å². The lowest BCUT2D eigenvalue weighted by atomic mass is 9.98. The molecule has 4 heterocycles. The summed E-state index contributed by atoms with van der Waals surface area (Å²) in [5, 5.41) is 15.2. The molecule has 0 spiro atoms. The Balaban J connectivity index is 0.960. The zero-order chi connectivity index (χ0) is 37.5. The van der Waals surface area contributed by atoms with Crippen molar-refractivity contribution in [3.63, 3.8) is 0 Å². The average molecular weight is 767 g/mol. The zero-order valence-corrected chi connectivity index (χ0v) is 32.3. The number of rotatable bonds is 5. The lowest BCUT2D eigenvalue weighted by Crippen LogP contribution is -2.44. The number of aromatic nitrogens is 1. The Hall–Kier alpha value is -6.57. The van der Waals surface area contributed by atoms with Gasteiger partial charge in [0.1, 0.15) is 18.2 Å². The second-order valence-electron chi connectivity index (χ2n) is 14.8. The largest absolute Gasteiger partial charge is 0.350 e. The van der Waals surface area contributed by atoms with Gasteiger partial charge in [-0.05, 0) is 58.7 Å². The van der Waals surface area contributed by atoms with E-state index in [0.717, 1.165) is 17.0 Å². The Kier molecular flexibility index (Phi) is 7.45. The molecule has 11 aromatic rings. The Morgan fingerprint density at radius 2 is 1.14 bits per heavy atom. The van der Waals surface area contributed by atoms with Gasteiger partial charge in [0.15, 0.2) is 0 Å². The highest BCUT2D eigenvalue weighted by Crippen LogP contribution is 2.45. The van der Waals surface area contributed by atoms with E-state index in [1.807, 2.05) is 28.7 Å². The molecule has 0 saturated heterocycles. The monoisotopic (exact) mass is 766 g/mol. The molecular weight excluding hydrogens is 733 g/mol. The summed E-state index contributed by atoms with van der Waals surface area (Å²) in [5.41, 5.74) is 9.62. The number of benzene rings is 8. The van der Waals surface area contributed by atoms with Gasteiger partial charge in [-0.15, -0.1) is 22.7 Å². The predicted molar refractivity (Wildman–Crippen MR) is 243 cm³/mol. The van der Waals surface area contributed by atoms with E-state index < -0.39 is 0 Å². The quantitative estimate of drug-likeness (QED) is 0.183. The molecule has 1 aliphatic heterocycles. The Labute approximate surface area is 337 Å². The molecule has 0 bridgehead atoms. The van der Waals surface area contributed by atoms with Crippen LogP contribution in [-0.4, -0.2) is 10.4 Å². The van der Waals surface area contributed by atoms with Crippen LogP contribution in [0.15, 0.2) is 187 Å². The van der Waals surface area contributed by atoms with E-state index in [9.17, 15) is 0 Å². The molecule has 0 aliphatic carbocycles. The van der Waals surface area contributed by atoms with Gasteiger partial charge in [0.05, 0.1) is 21.4 Å². The molecule has 2 atom stereocenters. The number of para-hydroxylation sites is 2. The van der Waals surface area contributed by atoms with Crippen LogP contribution in [0.4, 0.5) is 0 Å². The van der Waals surface area contributed by atoms with Crippen molar-refractivity contribution in [1.82, 2.24) is 15.2 Å². The van der Waals surface area contributed by atoms with E-state index in [4.69, 9.17) is 4.99 Å². The molecule has 0 amide bonds. The van der Waals surface area contributed by atoms with Crippen molar-refractivity contribution in [3.05, 3.63) is 199 Å². The Bertz CT molecular complexity index is 3320. The number of aliphatic imine (C=N–C) groups is 1. The van der Waals surface area contributed by atoms with Crippen LogP contribution in [0.2, 0.25) is 0 Å². The fourth-order valence-electron chi connectivity index (χ4n) is 8.85. The second kappa shape index (κ2) is 13.0. The van der Waals surface area contributed by atoms with E-state index in [1.54, 1.807) is 0 Å². The van der Waals surface area contributed by atoms with Gasteiger partial charge in [0, 0.05) is 52.0 Å². The molecular formula is C51H34N4S2. The summed E-state index contributed by atoms with van der Waals surface area (Å²) in [6, 6.07) is 66.0. The first-order valence-corrected chi connectivity index (χ1v) is 21.0. The highest BCUT2D eigenvalue weighted by atomic mass is 32.1.